The van der Waals surface area contributed by atoms with Crippen molar-refractivity contribution < 1.29 is 0 Å². The summed E-state index contributed by atoms with van der Waals surface area (Å²) in [7, 11) is 2.22. The van der Waals surface area contributed by atoms with Gasteiger partial charge in [0.2, 0.25) is 0 Å². The monoisotopic (exact) mass is 172 g/mol. The molecule has 0 unspecified atom stereocenters. The van der Waals surface area contributed by atoms with Crippen LogP contribution in [0.2, 0.25) is 0 Å². The molecular weight excluding hydrogens is 148 g/mol. The summed E-state index contributed by atoms with van der Waals surface area (Å²) in [6.07, 6.45) is 4.92. The van der Waals surface area contributed by atoms with Crippen LogP contribution in [0.5, 0.6) is 0 Å². The molecule has 0 fully saturated rings. The highest BCUT2D eigenvalue weighted by atomic mass is 15.1. The van der Waals surface area contributed by atoms with E-state index >= 15 is 0 Å². The summed E-state index contributed by atoms with van der Waals surface area (Å²) in [5.41, 5.74) is 5.44. The van der Waals surface area contributed by atoms with Gasteiger partial charge < -0.3 is 10.6 Å². The number of nitrogens with two attached hydrogens (primary N) is 1. The lowest BCUT2D eigenvalue weighted by molar-refractivity contribution is 0.226. The third-order valence-electron chi connectivity index (χ3n) is 2.53. The highest BCUT2D eigenvalue weighted by Gasteiger charge is 2.08. The molecule has 0 radical (unpaired) electrons. The molecule has 0 amide bonds. The third-order valence-corrected chi connectivity index (χ3v) is 2.53. The van der Waals surface area contributed by atoms with Crippen LogP contribution in [0.15, 0.2) is 0 Å². The minimum atomic E-state index is 0.766. The number of unbranched alkanes of at least 4 members (excludes halogenated alkanes) is 1. The average Bonchev–Trinajstić information content (AvgIpc) is 2.07. The summed E-state index contributed by atoms with van der Waals surface area (Å²) < 4.78 is 0. The molecule has 2 heteroatoms. The van der Waals surface area contributed by atoms with Crippen LogP contribution < -0.4 is 5.73 Å². The fourth-order valence-electron chi connectivity index (χ4n) is 1.60. The second kappa shape index (κ2) is 7.56. The first-order valence-corrected chi connectivity index (χ1v) is 5.16. The summed E-state index contributed by atoms with van der Waals surface area (Å²) in [5, 5.41) is 0. The lowest BCUT2D eigenvalue weighted by Gasteiger charge is -2.25. The van der Waals surface area contributed by atoms with E-state index < -0.39 is 0 Å². The number of rotatable bonds is 7. The molecular formula is C10H24N2. The highest BCUT2D eigenvalue weighted by molar-refractivity contribution is 4.64. The van der Waals surface area contributed by atoms with Gasteiger partial charge in [0, 0.05) is 6.04 Å². The highest BCUT2D eigenvalue weighted by Crippen LogP contribution is 2.06. The van der Waals surface area contributed by atoms with Crippen LogP contribution >= 0.6 is 0 Å². The molecule has 0 saturated heterocycles. The zero-order valence-corrected chi connectivity index (χ0v) is 8.84. The van der Waals surface area contributed by atoms with Crippen LogP contribution in [-0.4, -0.2) is 31.1 Å². The molecule has 0 aromatic rings. The minimum Gasteiger partial charge on any atom is -0.330 e. The Morgan fingerprint density at radius 2 is 1.75 bits per heavy atom. The van der Waals surface area contributed by atoms with Gasteiger partial charge in [0.15, 0.2) is 0 Å². The van der Waals surface area contributed by atoms with Crippen LogP contribution in [0.4, 0.5) is 0 Å². The molecule has 2 nitrogen and oxygen atoms in total. The number of hydrogen-bond acceptors (Lipinski definition) is 2. The predicted octanol–water partition coefficient (Wildman–Crippen LogP) is 1.85. The Morgan fingerprint density at radius 3 is 2.17 bits per heavy atom. The minimum absolute atomic E-state index is 0.766. The lowest BCUT2D eigenvalue weighted by atomic mass is 10.1. The Hall–Kier alpha value is -0.0800. The van der Waals surface area contributed by atoms with E-state index in [4.69, 9.17) is 5.73 Å². The van der Waals surface area contributed by atoms with Gasteiger partial charge in [-0.3, -0.25) is 0 Å². The first-order valence-electron chi connectivity index (χ1n) is 5.16. The molecule has 0 aliphatic heterocycles. The Labute approximate surface area is 77.1 Å². The van der Waals surface area contributed by atoms with E-state index in [1.165, 1.54) is 25.8 Å². The van der Waals surface area contributed by atoms with Crippen LogP contribution in [0, 0.1) is 0 Å². The zero-order chi connectivity index (χ0) is 9.40. The van der Waals surface area contributed by atoms with E-state index in [1.807, 2.05) is 0 Å². The maximum atomic E-state index is 5.44. The van der Waals surface area contributed by atoms with Gasteiger partial charge in [0.1, 0.15) is 0 Å². The van der Waals surface area contributed by atoms with E-state index in [-0.39, 0.29) is 0 Å². The van der Waals surface area contributed by atoms with Gasteiger partial charge in [-0.2, -0.15) is 0 Å². The molecule has 2 N–H and O–H groups in total. The molecule has 0 aliphatic carbocycles. The van der Waals surface area contributed by atoms with Crippen molar-refractivity contribution in [2.24, 2.45) is 5.73 Å². The quantitative estimate of drug-likeness (QED) is 0.594. The van der Waals surface area contributed by atoms with E-state index in [2.05, 4.69) is 25.8 Å². The predicted molar refractivity (Wildman–Crippen MR) is 55.3 cm³/mol. The van der Waals surface area contributed by atoms with Gasteiger partial charge in [-0.1, -0.05) is 13.8 Å². The summed E-state index contributed by atoms with van der Waals surface area (Å²) >= 11 is 0. The Kier molecular flexibility index (Phi) is 7.51. The van der Waals surface area contributed by atoms with Crippen LogP contribution in [0.25, 0.3) is 0 Å². The molecule has 0 aromatic heterocycles. The van der Waals surface area contributed by atoms with Gasteiger partial charge in [-0.05, 0) is 45.8 Å². The Balaban J connectivity index is 3.47. The van der Waals surface area contributed by atoms with Crippen molar-refractivity contribution in [1.29, 1.82) is 0 Å². The normalized spacial score (nSPS) is 11.5. The smallest absolute Gasteiger partial charge is 0.00869 e. The molecule has 0 aliphatic rings. The van der Waals surface area contributed by atoms with Crippen molar-refractivity contribution in [3.05, 3.63) is 0 Å². The van der Waals surface area contributed by atoms with E-state index in [0.29, 0.717) is 0 Å². The second-order valence-electron chi connectivity index (χ2n) is 3.45. The van der Waals surface area contributed by atoms with Crippen LogP contribution in [0.1, 0.15) is 39.5 Å². The van der Waals surface area contributed by atoms with E-state index in [0.717, 1.165) is 19.0 Å². The fourth-order valence-corrected chi connectivity index (χ4v) is 1.60. The Bertz CT molecular complexity index is 89.8. The summed E-state index contributed by atoms with van der Waals surface area (Å²) in [5.74, 6) is 0. The van der Waals surface area contributed by atoms with Gasteiger partial charge in [-0.15, -0.1) is 0 Å². The Morgan fingerprint density at radius 1 is 1.17 bits per heavy atom. The molecule has 0 spiro atoms. The van der Waals surface area contributed by atoms with Gasteiger partial charge in [0.25, 0.3) is 0 Å². The molecule has 0 bridgehead atoms. The van der Waals surface area contributed by atoms with Gasteiger partial charge in [-0.25, -0.2) is 0 Å². The summed E-state index contributed by atoms with van der Waals surface area (Å²) in [4.78, 5) is 2.45. The second-order valence-corrected chi connectivity index (χ2v) is 3.45. The maximum absolute atomic E-state index is 5.44. The van der Waals surface area contributed by atoms with Gasteiger partial charge in [0.05, 0.1) is 0 Å². The third kappa shape index (κ3) is 4.73. The molecule has 0 aromatic carbocycles. The van der Waals surface area contributed by atoms with E-state index in [9.17, 15) is 0 Å². The first-order chi connectivity index (χ1) is 5.76. The van der Waals surface area contributed by atoms with Gasteiger partial charge >= 0.3 is 0 Å². The maximum Gasteiger partial charge on any atom is 0.00869 e. The molecule has 0 saturated carbocycles. The molecule has 0 heterocycles. The average molecular weight is 172 g/mol. The lowest BCUT2D eigenvalue weighted by Crippen LogP contribution is -2.31. The van der Waals surface area contributed by atoms with Crippen molar-refractivity contribution >= 4 is 0 Å². The summed E-state index contributed by atoms with van der Waals surface area (Å²) in [6, 6.07) is 0.766. The largest absolute Gasteiger partial charge is 0.330 e. The molecule has 0 rings (SSSR count). The van der Waals surface area contributed by atoms with E-state index in [1.54, 1.807) is 0 Å². The standard InChI is InChI=1S/C10H24N2/c1-4-10(5-2)12(3)9-7-6-8-11/h10H,4-9,11H2,1-3H3. The molecule has 12 heavy (non-hydrogen) atoms. The number of hydrogen-bond donors (Lipinski definition) is 1. The zero-order valence-electron chi connectivity index (χ0n) is 8.84. The van der Waals surface area contributed by atoms with Crippen molar-refractivity contribution in [1.82, 2.24) is 4.90 Å². The summed E-state index contributed by atoms with van der Waals surface area (Å²) in [6.45, 7) is 6.54. The van der Waals surface area contributed by atoms with Crippen LogP contribution in [0.3, 0.4) is 0 Å². The molecule has 0 atom stereocenters. The topological polar surface area (TPSA) is 29.3 Å². The van der Waals surface area contributed by atoms with Crippen molar-refractivity contribution in [3.8, 4) is 0 Å². The SMILES string of the molecule is CCC(CC)N(C)CCCCN. The van der Waals surface area contributed by atoms with Crippen molar-refractivity contribution in [2.75, 3.05) is 20.1 Å². The first kappa shape index (κ1) is 11.9. The van der Waals surface area contributed by atoms with Crippen molar-refractivity contribution in [2.45, 2.75) is 45.6 Å². The van der Waals surface area contributed by atoms with Crippen LogP contribution in [-0.2, 0) is 0 Å². The fraction of sp³-hybridized carbons (Fsp3) is 1.00. The van der Waals surface area contributed by atoms with Crippen molar-refractivity contribution in [3.63, 3.8) is 0 Å². The molecule has 74 valence electrons. The number of nitrogens with zero attached hydrogens (tertiary/aromatic N) is 1.